The molecule has 7 heteroatoms. The van der Waals surface area contributed by atoms with Gasteiger partial charge in [0, 0.05) is 11.1 Å². The Morgan fingerprint density at radius 3 is 1.83 bits per heavy atom. The number of hydrogen-bond donors (Lipinski definition) is 1. The second-order valence-corrected chi connectivity index (χ2v) is 10.2. The molecule has 0 spiro atoms. The van der Waals surface area contributed by atoms with Crippen molar-refractivity contribution in [3.8, 4) is 21.8 Å². The molecule has 0 saturated carbocycles. The standard InChI is InChI=1S/C22H26NO4PS/c1-15(2)26-28(25,27-16(3)4)22(24)20-19(17-11-7-5-8-12-17)23-21(29-20)18-13-9-6-10-14-18/h5-16,22,24H,1-4H3. The number of thiazole rings is 1. The Hall–Kier alpha value is -1.82. The van der Waals surface area contributed by atoms with Gasteiger partial charge < -0.3 is 14.2 Å². The first-order chi connectivity index (χ1) is 13.8. The Labute approximate surface area is 175 Å². The van der Waals surface area contributed by atoms with Gasteiger partial charge in [-0.2, -0.15) is 0 Å². The van der Waals surface area contributed by atoms with E-state index in [-0.39, 0.29) is 12.2 Å². The van der Waals surface area contributed by atoms with Crippen LogP contribution in [0, 0.1) is 0 Å². The van der Waals surface area contributed by atoms with E-state index in [0.717, 1.165) is 16.1 Å². The van der Waals surface area contributed by atoms with Crippen LogP contribution in [0.4, 0.5) is 0 Å². The minimum atomic E-state index is -3.84. The molecule has 3 aromatic rings. The van der Waals surface area contributed by atoms with Gasteiger partial charge in [-0.25, -0.2) is 4.98 Å². The smallest absolute Gasteiger partial charge is 0.364 e. The van der Waals surface area contributed by atoms with Gasteiger partial charge >= 0.3 is 7.60 Å². The fraction of sp³-hybridized carbons (Fsp3) is 0.318. The molecule has 0 aliphatic carbocycles. The Morgan fingerprint density at radius 1 is 0.862 bits per heavy atom. The zero-order valence-electron chi connectivity index (χ0n) is 17.0. The Kier molecular flexibility index (Phi) is 7.04. The first-order valence-electron chi connectivity index (χ1n) is 9.56. The topological polar surface area (TPSA) is 68.7 Å². The summed E-state index contributed by atoms with van der Waals surface area (Å²) in [6.45, 7) is 7.07. The third kappa shape index (κ3) is 5.21. The molecule has 1 N–H and O–H groups in total. The number of nitrogens with zero attached hydrogens (tertiary/aromatic N) is 1. The molecular weight excluding hydrogens is 405 g/mol. The second kappa shape index (κ2) is 9.33. The van der Waals surface area contributed by atoms with E-state index in [1.54, 1.807) is 27.7 Å². The van der Waals surface area contributed by atoms with Crippen LogP contribution in [-0.2, 0) is 13.6 Å². The van der Waals surface area contributed by atoms with E-state index in [4.69, 9.17) is 14.0 Å². The van der Waals surface area contributed by atoms with Gasteiger partial charge in [-0.05, 0) is 27.7 Å². The summed E-state index contributed by atoms with van der Waals surface area (Å²) in [4.78, 5) is 5.24. The van der Waals surface area contributed by atoms with E-state index in [2.05, 4.69) is 0 Å². The summed E-state index contributed by atoms with van der Waals surface area (Å²) in [7, 11) is -3.84. The lowest BCUT2D eigenvalue weighted by atomic mass is 10.1. The number of aromatic nitrogens is 1. The van der Waals surface area contributed by atoms with Crippen molar-refractivity contribution in [3.63, 3.8) is 0 Å². The van der Waals surface area contributed by atoms with E-state index < -0.39 is 13.4 Å². The summed E-state index contributed by atoms with van der Waals surface area (Å²) >= 11 is 1.30. The maximum absolute atomic E-state index is 13.5. The number of aliphatic hydroxyl groups is 1. The molecule has 1 atom stereocenters. The Morgan fingerprint density at radius 2 is 1.34 bits per heavy atom. The van der Waals surface area contributed by atoms with Crippen molar-refractivity contribution in [2.75, 3.05) is 0 Å². The fourth-order valence-corrected chi connectivity index (χ4v) is 6.26. The van der Waals surface area contributed by atoms with Crippen molar-refractivity contribution in [2.24, 2.45) is 0 Å². The van der Waals surface area contributed by atoms with Gasteiger partial charge in [0.2, 0.25) is 0 Å². The minimum Gasteiger partial charge on any atom is -0.375 e. The van der Waals surface area contributed by atoms with Crippen molar-refractivity contribution in [3.05, 3.63) is 65.5 Å². The number of benzene rings is 2. The molecule has 3 rings (SSSR count). The van der Waals surface area contributed by atoms with Gasteiger partial charge in [0.15, 0.2) is 5.85 Å². The molecule has 1 heterocycles. The van der Waals surface area contributed by atoms with E-state index in [1.807, 2.05) is 60.7 Å². The van der Waals surface area contributed by atoms with Gasteiger partial charge in [0.25, 0.3) is 0 Å². The maximum atomic E-state index is 13.5. The molecule has 0 aliphatic rings. The Bertz CT molecular complexity index is 959. The highest BCUT2D eigenvalue weighted by Gasteiger charge is 2.41. The average Bonchev–Trinajstić information content (AvgIpc) is 3.12. The van der Waals surface area contributed by atoms with Crippen LogP contribution in [0.1, 0.15) is 38.4 Å². The maximum Gasteiger partial charge on any atom is 0.364 e. The van der Waals surface area contributed by atoms with Crippen molar-refractivity contribution >= 4 is 18.9 Å². The first-order valence-corrected chi connectivity index (χ1v) is 12.0. The molecule has 0 radical (unpaired) electrons. The van der Waals surface area contributed by atoms with Crippen molar-refractivity contribution in [1.29, 1.82) is 0 Å². The van der Waals surface area contributed by atoms with Gasteiger partial charge in [0.1, 0.15) is 5.01 Å². The second-order valence-electron chi connectivity index (χ2n) is 7.19. The summed E-state index contributed by atoms with van der Waals surface area (Å²) in [6, 6.07) is 19.3. The molecule has 5 nitrogen and oxygen atoms in total. The van der Waals surface area contributed by atoms with Crippen molar-refractivity contribution in [1.82, 2.24) is 4.98 Å². The van der Waals surface area contributed by atoms with Crippen LogP contribution < -0.4 is 0 Å². The van der Waals surface area contributed by atoms with Crippen LogP contribution >= 0.6 is 18.9 Å². The van der Waals surface area contributed by atoms with Crippen LogP contribution in [0.5, 0.6) is 0 Å². The van der Waals surface area contributed by atoms with E-state index >= 15 is 0 Å². The zero-order chi connectivity index (χ0) is 21.0. The summed E-state index contributed by atoms with van der Waals surface area (Å²) in [5, 5.41) is 11.9. The van der Waals surface area contributed by atoms with Gasteiger partial charge in [0.05, 0.1) is 22.8 Å². The third-order valence-electron chi connectivity index (χ3n) is 3.97. The molecule has 2 aromatic carbocycles. The zero-order valence-corrected chi connectivity index (χ0v) is 18.7. The molecule has 0 saturated heterocycles. The molecule has 1 unspecified atom stereocenters. The van der Waals surface area contributed by atoms with Crippen LogP contribution in [-0.4, -0.2) is 22.3 Å². The molecule has 0 amide bonds. The monoisotopic (exact) mass is 431 g/mol. The van der Waals surface area contributed by atoms with Crippen molar-refractivity contribution in [2.45, 2.75) is 45.7 Å². The average molecular weight is 431 g/mol. The molecule has 0 bridgehead atoms. The van der Waals surface area contributed by atoms with Gasteiger partial charge in [-0.1, -0.05) is 60.7 Å². The summed E-state index contributed by atoms with van der Waals surface area (Å²) in [6.07, 6.45) is -0.730. The van der Waals surface area contributed by atoms with Crippen LogP contribution in [0.15, 0.2) is 60.7 Å². The lowest BCUT2D eigenvalue weighted by Gasteiger charge is -2.26. The van der Waals surface area contributed by atoms with Crippen LogP contribution in [0.25, 0.3) is 21.8 Å². The van der Waals surface area contributed by atoms with E-state index in [9.17, 15) is 9.67 Å². The normalized spacial score (nSPS) is 13.2. The predicted octanol–water partition coefficient (Wildman–Crippen LogP) is 6.51. The molecule has 154 valence electrons. The quantitative estimate of drug-likeness (QED) is 0.412. The van der Waals surface area contributed by atoms with Crippen molar-refractivity contribution < 1.29 is 18.7 Å². The highest BCUT2D eigenvalue weighted by atomic mass is 32.1. The first kappa shape index (κ1) is 21.9. The fourth-order valence-electron chi connectivity index (χ4n) is 2.89. The minimum absolute atomic E-state index is 0.365. The van der Waals surface area contributed by atoms with Gasteiger partial charge in [-0.3, -0.25) is 4.57 Å². The molecule has 0 fully saturated rings. The summed E-state index contributed by atoms with van der Waals surface area (Å²) < 4.78 is 24.8. The summed E-state index contributed by atoms with van der Waals surface area (Å²) in [5.74, 6) is -1.43. The molecule has 1 aromatic heterocycles. The largest absolute Gasteiger partial charge is 0.375 e. The Balaban J connectivity index is 2.13. The van der Waals surface area contributed by atoms with Crippen LogP contribution in [0.3, 0.4) is 0 Å². The number of rotatable bonds is 8. The number of aliphatic hydroxyl groups excluding tert-OH is 1. The lowest BCUT2D eigenvalue weighted by Crippen LogP contribution is -2.13. The predicted molar refractivity (Wildman–Crippen MR) is 118 cm³/mol. The lowest BCUT2D eigenvalue weighted by molar-refractivity contribution is 0.102. The van der Waals surface area contributed by atoms with E-state index in [1.165, 1.54) is 11.3 Å². The third-order valence-corrected chi connectivity index (χ3v) is 7.59. The molecule has 0 aliphatic heterocycles. The molecular formula is C22H26NO4PS. The van der Waals surface area contributed by atoms with E-state index in [0.29, 0.717) is 10.6 Å². The van der Waals surface area contributed by atoms with Gasteiger partial charge in [-0.15, -0.1) is 11.3 Å². The number of hydrogen-bond acceptors (Lipinski definition) is 6. The highest BCUT2D eigenvalue weighted by Crippen LogP contribution is 2.63. The SMILES string of the molecule is CC(C)OP(=O)(OC(C)C)C(O)c1sc(-c2ccccc2)nc1-c1ccccc1. The highest BCUT2D eigenvalue weighted by molar-refractivity contribution is 7.54. The molecule has 29 heavy (non-hydrogen) atoms. The van der Waals surface area contributed by atoms with Crippen LogP contribution in [0.2, 0.25) is 0 Å². The summed E-state index contributed by atoms with van der Waals surface area (Å²) in [5.41, 5.74) is 2.35.